The predicted molar refractivity (Wildman–Crippen MR) is 180 cm³/mol. The maximum absolute atomic E-state index is 5.39. The van der Waals surface area contributed by atoms with Crippen molar-refractivity contribution in [3.05, 3.63) is 145 Å². The van der Waals surface area contributed by atoms with Gasteiger partial charge < -0.3 is 22.8 Å². The summed E-state index contributed by atoms with van der Waals surface area (Å²) in [7, 11) is -2.78. The number of benzene rings is 3. The Balaban J connectivity index is 0.000000425. The molecule has 0 amide bonds. The average Bonchev–Trinajstić information content (AvgIpc) is 3.50. The Morgan fingerprint density at radius 2 is 1.30 bits per heavy atom. The van der Waals surface area contributed by atoms with Crippen LogP contribution < -0.4 is 26.1 Å². The third-order valence-corrected chi connectivity index (χ3v) is 13.1. The van der Waals surface area contributed by atoms with E-state index < -0.39 is 8.07 Å². The molecular weight excluding hydrogens is 756 g/mol. The van der Waals surface area contributed by atoms with Gasteiger partial charge in [0.25, 0.3) is 0 Å². The fourth-order valence-electron chi connectivity index (χ4n) is 6.19. The van der Waals surface area contributed by atoms with E-state index in [-0.39, 0.29) is 26.5 Å². The van der Waals surface area contributed by atoms with E-state index in [1.165, 1.54) is 15.9 Å². The fraction of sp³-hybridized carbons (Fsp3) is 0.162. The van der Waals surface area contributed by atoms with E-state index in [1.54, 1.807) is 0 Å². The molecule has 0 saturated heterocycles. The van der Waals surface area contributed by atoms with Gasteiger partial charge in [0.2, 0.25) is 8.07 Å². The van der Waals surface area contributed by atoms with Crippen LogP contribution in [0.3, 0.4) is 0 Å². The number of pyridine rings is 2. The van der Waals surface area contributed by atoms with Gasteiger partial charge in [-0.05, 0) is 59.5 Å². The predicted octanol–water partition coefficient (Wildman–Crippen LogP) is 5.08. The molecule has 3 aromatic carbocycles. The van der Waals surface area contributed by atoms with Gasteiger partial charge in [-0.25, -0.2) is 0 Å². The zero-order valence-electron chi connectivity index (χ0n) is 24.8. The Labute approximate surface area is 281 Å². The third kappa shape index (κ3) is 6.25. The third-order valence-electron chi connectivity index (χ3n) is 8.27. The second-order valence-electron chi connectivity index (χ2n) is 11.5. The molecule has 0 atom stereocenters. The van der Waals surface area contributed by atoms with Gasteiger partial charge in [0, 0.05) is 33.6 Å². The van der Waals surface area contributed by atoms with Crippen LogP contribution in [0.4, 0.5) is 0 Å². The second-order valence-corrected chi connectivity index (χ2v) is 15.7. The molecule has 1 aliphatic rings. The number of fused-ring (bicyclic) bond motifs is 1. The van der Waals surface area contributed by atoms with Crippen molar-refractivity contribution in [2.75, 3.05) is 0 Å². The van der Waals surface area contributed by atoms with Crippen molar-refractivity contribution >= 4 is 41.7 Å². The van der Waals surface area contributed by atoms with E-state index in [9.17, 15) is 0 Å². The number of aromatic nitrogens is 4. The first kappa shape index (κ1) is 31.7. The van der Waals surface area contributed by atoms with E-state index in [0.717, 1.165) is 51.9 Å². The molecule has 0 unspecified atom stereocenters. The second kappa shape index (κ2) is 13.9. The summed E-state index contributed by atoms with van der Waals surface area (Å²) in [5.41, 5.74) is 4.29. The SMILES string of the molecule is CC1(C)CCCc2c1n[n-]c2-c1cccc([Si](c2ccccc2)(c2ccccc2)c2ccccn2)n1.[Pt+2].[S-]c1ccccc1. The van der Waals surface area contributed by atoms with Crippen molar-refractivity contribution in [1.29, 1.82) is 0 Å². The van der Waals surface area contributed by atoms with Crippen LogP contribution >= 0.6 is 0 Å². The van der Waals surface area contributed by atoms with E-state index in [2.05, 4.69) is 110 Å². The molecule has 0 spiro atoms. The monoisotopic (exact) mass is 789 g/mol. The Hall–Kier alpha value is -3.70. The molecule has 0 aliphatic heterocycles. The molecule has 6 aromatic rings. The quantitative estimate of drug-likeness (QED) is 0.181. The largest absolute Gasteiger partial charge is 2.00 e. The van der Waals surface area contributed by atoms with Gasteiger partial charge in [0.1, 0.15) is 0 Å². The van der Waals surface area contributed by atoms with Crippen molar-refractivity contribution in [1.82, 2.24) is 20.2 Å². The van der Waals surface area contributed by atoms with Crippen molar-refractivity contribution in [3.63, 3.8) is 0 Å². The first-order valence-corrected chi connectivity index (χ1v) is 17.2. The maximum atomic E-state index is 5.39. The van der Waals surface area contributed by atoms with E-state index in [4.69, 9.17) is 27.7 Å². The van der Waals surface area contributed by atoms with Gasteiger partial charge in [-0.1, -0.05) is 123 Å². The summed E-state index contributed by atoms with van der Waals surface area (Å²) < 4.78 is 0. The van der Waals surface area contributed by atoms with Gasteiger partial charge >= 0.3 is 21.1 Å². The van der Waals surface area contributed by atoms with Crippen LogP contribution in [0.25, 0.3) is 11.4 Å². The topological polar surface area (TPSA) is 52.8 Å². The Morgan fingerprint density at radius 3 is 1.86 bits per heavy atom. The van der Waals surface area contributed by atoms with Crippen LogP contribution in [0.5, 0.6) is 0 Å². The molecule has 0 fully saturated rings. The minimum atomic E-state index is -2.78. The Morgan fingerprint density at radius 1 is 0.705 bits per heavy atom. The van der Waals surface area contributed by atoms with Gasteiger partial charge in [0.15, 0.2) is 0 Å². The molecule has 4 nitrogen and oxygen atoms in total. The summed E-state index contributed by atoms with van der Waals surface area (Å²) in [5, 5.41) is 14.0. The molecule has 44 heavy (non-hydrogen) atoms. The van der Waals surface area contributed by atoms with Crippen molar-refractivity contribution < 1.29 is 21.1 Å². The van der Waals surface area contributed by atoms with Gasteiger partial charge in [-0.2, -0.15) is 4.90 Å². The average molecular weight is 790 g/mol. The van der Waals surface area contributed by atoms with Crippen molar-refractivity contribution in [2.24, 2.45) is 0 Å². The summed E-state index contributed by atoms with van der Waals surface area (Å²) in [6.07, 6.45) is 5.20. The first-order valence-electron chi connectivity index (χ1n) is 14.8. The number of rotatable bonds is 5. The van der Waals surface area contributed by atoms with Crippen LogP contribution in [0.15, 0.2) is 138 Å². The molecular formula is C37H34N4PtSSi. The summed E-state index contributed by atoms with van der Waals surface area (Å²) in [4.78, 5) is 11.3. The number of nitrogens with zero attached hydrogens (tertiary/aromatic N) is 4. The summed E-state index contributed by atoms with van der Waals surface area (Å²) in [6, 6.07) is 43.8. The molecule has 3 heterocycles. The minimum Gasteiger partial charge on any atom is -0.780 e. The molecule has 0 bridgehead atoms. The smallest absolute Gasteiger partial charge is 0.780 e. The summed E-state index contributed by atoms with van der Waals surface area (Å²) in [6.45, 7) is 4.55. The molecule has 0 radical (unpaired) electrons. The fourth-order valence-corrected chi connectivity index (χ4v) is 10.8. The molecule has 7 rings (SSSR count). The van der Waals surface area contributed by atoms with E-state index >= 15 is 0 Å². The zero-order chi connectivity index (χ0) is 29.7. The van der Waals surface area contributed by atoms with Crippen molar-refractivity contribution in [2.45, 2.75) is 43.4 Å². The van der Waals surface area contributed by atoms with Crippen LogP contribution in [0, 0.1) is 0 Å². The van der Waals surface area contributed by atoms with Gasteiger partial charge in [0.05, 0.1) is 0 Å². The van der Waals surface area contributed by atoms with Crippen LogP contribution in [0.1, 0.15) is 37.9 Å². The molecule has 3 aromatic heterocycles. The van der Waals surface area contributed by atoms with E-state index in [1.807, 2.05) is 42.6 Å². The first-order chi connectivity index (χ1) is 21.0. The zero-order valence-corrected chi connectivity index (χ0v) is 28.9. The molecule has 0 N–H and O–H groups in total. The minimum absolute atomic E-state index is 0. The molecule has 7 heteroatoms. The van der Waals surface area contributed by atoms with Crippen molar-refractivity contribution in [3.8, 4) is 11.4 Å². The van der Waals surface area contributed by atoms with Crippen LogP contribution in [0.2, 0.25) is 0 Å². The summed E-state index contributed by atoms with van der Waals surface area (Å²) in [5.74, 6) is 0. The molecule has 0 saturated carbocycles. The Kier molecular flexibility index (Phi) is 10.0. The normalized spacial score (nSPS) is 13.5. The Bertz CT molecular complexity index is 1680. The van der Waals surface area contributed by atoms with Crippen LogP contribution in [-0.4, -0.2) is 23.1 Å². The number of hydrogen-bond donors (Lipinski definition) is 0. The summed E-state index contributed by atoms with van der Waals surface area (Å²) >= 11 is 4.81. The van der Waals surface area contributed by atoms with Gasteiger partial charge in [-0.15, -0.1) is 0 Å². The van der Waals surface area contributed by atoms with E-state index in [0.29, 0.717) is 0 Å². The molecule has 222 valence electrons. The maximum Gasteiger partial charge on any atom is 2.00 e. The number of hydrogen-bond acceptors (Lipinski definition) is 4. The standard InChI is InChI=1S/C31H29N4Si.C6H6S.Pt/c1-31(2)21-12-17-25-29(34-35-30(25)31)26-18-11-20-28(33-26)36(23-13-5-3-6-14-23,24-15-7-4-8-16-24)27-19-9-10-22-32-27;7-6-4-2-1-3-5-6;/h3-11,13-16,18-20,22H,12,17,21H2,1-2H3;1-5,7H;/q-1;;+2/p-1. The van der Waals surface area contributed by atoms with Gasteiger partial charge in [-0.3, -0.25) is 9.97 Å². The van der Waals surface area contributed by atoms with Crippen LogP contribution in [-0.2, 0) is 45.5 Å². The molecule has 1 aliphatic carbocycles.